The highest BCUT2D eigenvalue weighted by atomic mass is 32.1. The molecule has 0 aliphatic rings. The van der Waals surface area contributed by atoms with Crippen LogP contribution in [0.4, 0.5) is 0 Å². The zero-order valence-electron chi connectivity index (χ0n) is 9.75. The van der Waals surface area contributed by atoms with Crippen LogP contribution in [0.1, 0.15) is 22.4 Å². The fourth-order valence-corrected chi connectivity index (χ4v) is 2.09. The van der Waals surface area contributed by atoms with Gasteiger partial charge in [-0.15, -0.1) is 16.4 Å². The first-order chi connectivity index (χ1) is 8.19. The summed E-state index contributed by atoms with van der Waals surface area (Å²) in [6, 6.07) is 3.40. The summed E-state index contributed by atoms with van der Waals surface area (Å²) in [5, 5.41) is 11.0. The second-order valence-corrected chi connectivity index (χ2v) is 4.73. The van der Waals surface area contributed by atoms with Crippen LogP contribution in [0.3, 0.4) is 0 Å². The smallest absolute Gasteiger partial charge is 0.233 e. The van der Waals surface area contributed by atoms with Crippen LogP contribution < -0.4 is 10.5 Å². The number of aryl methyl sites for hydroxylation is 1. The molecule has 0 saturated carbocycles. The normalized spacial score (nSPS) is 12.4. The Hall–Kier alpha value is -1.53. The minimum atomic E-state index is -0.185. The summed E-state index contributed by atoms with van der Waals surface area (Å²) in [7, 11) is 1.56. The quantitative estimate of drug-likeness (QED) is 0.890. The molecule has 0 aromatic carbocycles. The van der Waals surface area contributed by atoms with Gasteiger partial charge in [0, 0.05) is 17.9 Å². The van der Waals surface area contributed by atoms with Crippen LogP contribution in [0, 0.1) is 6.92 Å². The average Bonchev–Trinajstić information content (AvgIpc) is 2.75. The maximum Gasteiger partial charge on any atom is 0.233 e. The first-order valence-electron chi connectivity index (χ1n) is 5.23. The van der Waals surface area contributed by atoms with E-state index in [1.165, 1.54) is 0 Å². The van der Waals surface area contributed by atoms with E-state index >= 15 is 0 Å². The molecule has 90 valence electrons. The molecule has 17 heavy (non-hydrogen) atoms. The molecule has 0 fully saturated rings. The second-order valence-electron chi connectivity index (χ2n) is 3.67. The highest BCUT2D eigenvalue weighted by molar-refractivity contribution is 7.09. The first kappa shape index (κ1) is 11.9. The molecule has 0 spiro atoms. The minimum absolute atomic E-state index is 0.185. The van der Waals surface area contributed by atoms with Crippen LogP contribution in [0.5, 0.6) is 5.88 Å². The lowest BCUT2D eigenvalue weighted by Crippen LogP contribution is -2.15. The molecule has 1 unspecified atom stereocenters. The Kier molecular flexibility index (Phi) is 3.65. The summed E-state index contributed by atoms with van der Waals surface area (Å²) < 4.78 is 4.95. The van der Waals surface area contributed by atoms with E-state index in [4.69, 9.17) is 10.5 Å². The van der Waals surface area contributed by atoms with Crippen LogP contribution in [0.2, 0.25) is 0 Å². The number of hydrogen-bond acceptors (Lipinski definition) is 6. The highest BCUT2D eigenvalue weighted by Gasteiger charge is 2.11. The fraction of sp³-hybridized carbons (Fsp3) is 0.364. The van der Waals surface area contributed by atoms with Crippen LogP contribution in [0.25, 0.3) is 0 Å². The highest BCUT2D eigenvalue weighted by Crippen LogP contribution is 2.16. The van der Waals surface area contributed by atoms with E-state index in [2.05, 4.69) is 15.2 Å². The van der Waals surface area contributed by atoms with Crippen molar-refractivity contribution in [3.05, 3.63) is 33.9 Å². The van der Waals surface area contributed by atoms with Crippen molar-refractivity contribution in [2.24, 2.45) is 5.73 Å². The largest absolute Gasteiger partial charge is 0.480 e. The Balaban J connectivity index is 2.06. The van der Waals surface area contributed by atoms with Crippen LogP contribution in [0.15, 0.2) is 17.5 Å². The van der Waals surface area contributed by atoms with E-state index in [9.17, 15) is 0 Å². The number of nitrogens with two attached hydrogens (primary N) is 1. The molecule has 2 aromatic rings. The number of rotatable bonds is 4. The molecular formula is C11H14N4OS. The van der Waals surface area contributed by atoms with E-state index < -0.39 is 0 Å². The lowest BCUT2D eigenvalue weighted by Gasteiger charge is -2.08. The summed E-state index contributed by atoms with van der Waals surface area (Å²) in [6.07, 6.45) is 0.672. The average molecular weight is 250 g/mol. The fourth-order valence-electron chi connectivity index (χ4n) is 1.47. The van der Waals surface area contributed by atoms with E-state index in [-0.39, 0.29) is 6.04 Å². The minimum Gasteiger partial charge on any atom is -0.480 e. The van der Waals surface area contributed by atoms with Gasteiger partial charge in [0.2, 0.25) is 5.88 Å². The number of hydrogen-bond donors (Lipinski definition) is 1. The summed E-state index contributed by atoms with van der Waals surface area (Å²) in [4.78, 5) is 4.38. The van der Waals surface area contributed by atoms with Crippen molar-refractivity contribution in [3.63, 3.8) is 0 Å². The molecule has 2 rings (SSSR count). The Morgan fingerprint density at radius 2 is 2.24 bits per heavy atom. The second kappa shape index (κ2) is 5.20. The molecule has 0 amide bonds. The molecule has 6 heteroatoms. The molecule has 2 heterocycles. The van der Waals surface area contributed by atoms with Crippen molar-refractivity contribution in [1.29, 1.82) is 0 Å². The Morgan fingerprint density at radius 1 is 1.41 bits per heavy atom. The first-order valence-corrected chi connectivity index (χ1v) is 6.11. The van der Waals surface area contributed by atoms with Crippen molar-refractivity contribution in [1.82, 2.24) is 15.2 Å². The Morgan fingerprint density at radius 3 is 2.76 bits per heavy atom. The summed E-state index contributed by atoms with van der Waals surface area (Å²) in [5.41, 5.74) is 7.79. The molecule has 5 nitrogen and oxygen atoms in total. The predicted octanol–water partition coefficient (Wildman–Crippen LogP) is 1.49. The van der Waals surface area contributed by atoms with Gasteiger partial charge in [-0.25, -0.2) is 4.98 Å². The maximum atomic E-state index is 6.05. The summed E-state index contributed by atoms with van der Waals surface area (Å²) >= 11 is 1.62. The van der Waals surface area contributed by atoms with E-state index in [0.717, 1.165) is 16.4 Å². The number of ether oxygens (including phenoxy) is 1. The molecule has 0 aliphatic heterocycles. The van der Waals surface area contributed by atoms with Gasteiger partial charge in [-0.05, 0) is 13.0 Å². The monoisotopic (exact) mass is 250 g/mol. The third kappa shape index (κ3) is 2.98. The van der Waals surface area contributed by atoms with Crippen LogP contribution >= 0.6 is 11.3 Å². The zero-order chi connectivity index (χ0) is 12.3. The maximum absolute atomic E-state index is 6.05. The Labute approximate surface area is 104 Å². The zero-order valence-corrected chi connectivity index (χ0v) is 10.6. The van der Waals surface area contributed by atoms with Gasteiger partial charge >= 0.3 is 0 Å². The summed E-state index contributed by atoms with van der Waals surface area (Å²) in [5.74, 6) is 0.491. The number of nitrogens with zero attached hydrogens (tertiary/aromatic N) is 3. The number of aromatic nitrogens is 3. The van der Waals surface area contributed by atoms with Crippen molar-refractivity contribution in [3.8, 4) is 5.88 Å². The standard InChI is InChI=1S/C11H14N4OS/c1-7-13-8(6-17-7)5-9(12)10-3-4-11(16-2)15-14-10/h3-4,6,9H,5,12H2,1-2H3. The SMILES string of the molecule is COc1ccc(C(N)Cc2csc(C)n2)nn1. The molecule has 1 atom stereocenters. The van der Waals surface area contributed by atoms with Crippen molar-refractivity contribution in [2.75, 3.05) is 7.11 Å². The lowest BCUT2D eigenvalue weighted by atomic mass is 10.1. The van der Waals surface area contributed by atoms with E-state index in [1.807, 2.05) is 18.4 Å². The van der Waals surface area contributed by atoms with Gasteiger partial charge in [0.25, 0.3) is 0 Å². The molecule has 0 saturated heterocycles. The van der Waals surface area contributed by atoms with Gasteiger partial charge in [0.1, 0.15) is 0 Å². The van der Waals surface area contributed by atoms with Gasteiger partial charge < -0.3 is 10.5 Å². The lowest BCUT2D eigenvalue weighted by molar-refractivity contribution is 0.390. The molecule has 0 bridgehead atoms. The predicted molar refractivity (Wildman–Crippen MR) is 66.1 cm³/mol. The number of thiazole rings is 1. The number of methoxy groups -OCH3 is 1. The molecule has 0 aliphatic carbocycles. The van der Waals surface area contributed by atoms with E-state index in [1.54, 1.807) is 24.5 Å². The molecular weight excluding hydrogens is 236 g/mol. The van der Waals surface area contributed by atoms with Crippen LogP contribution in [-0.4, -0.2) is 22.3 Å². The Bertz CT molecular complexity index is 482. The van der Waals surface area contributed by atoms with Gasteiger partial charge in [0.15, 0.2) is 0 Å². The third-order valence-electron chi connectivity index (χ3n) is 2.35. The topological polar surface area (TPSA) is 73.9 Å². The van der Waals surface area contributed by atoms with Crippen LogP contribution in [-0.2, 0) is 6.42 Å². The van der Waals surface area contributed by atoms with Crippen molar-refractivity contribution in [2.45, 2.75) is 19.4 Å². The van der Waals surface area contributed by atoms with Gasteiger partial charge in [0.05, 0.1) is 29.5 Å². The molecule has 0 radical (unpaired) electrons. The van der Waals surface area contributed by atoms with Crippen molar-refractivity contribution < 1.29 is 4.74 Å². The van der Waals surface area contributed by atoms with E-state index in [0.29, 0.717) is 12.3 Å². The summed E-state index contributed by atoms with van der Waals surface area (Å²) in [6.45, 7) is 1.98. The van der Waals surface area contributed by atoms with Crippen molar-refractivity contribution >= 4 is 11.3 Å². The molecule has 2 N–H and O–H groups in total. The van der Waals surface area contributed by atoms with Gasteiger partial charge in [-0.3, -0.25) is 0 Å². The van der Waals surface area contributed by atoms with Gasteiger partial charge in [-0.2, -0.15) is 5.10 Å². The third-order valence-corrected chi connectivity index (χ3v) is 3.17. The van der Waals surface area contributed by atoms with Gasteiger partial charge in [-0.1, -0.05) is 0 Å². The molecule has 2 aromatic heterocycles.